The maximum atomic E-state index is 12.4. The van der Waals surface area contributed by atoms with Gasteiger partial charge in [0.1, 0.15) is 0 Å². The van der Waals surface area contributed by atoms with Gasteiger partial charge in [-0.15, -0.1) is 0 Å². The van der Waals surface area contributed by atoms with Gasteiger partial charge in [0.05, 0.1) is 25.1 Å². The molecular weight excluding hydrogens is 414 g/mol. The van der Waals surface area contributed by atoms with Crippen LogP contribution < -0.4 is 5.63 Å². The van der Waals surface area contributed by atoms with Crippen LogP contribution in [0.25, 0.3) is 0 Å². The highest BCUT2D eigenvalue weighted by molar-refractivity contribution is 5.27. The van der Waals surface area contributed by atoms with Gasteiger partial charge in [0, 0.05) is 30.6 Å². The number of fused-ring (bicyclic) bond motifs is 5. The Morgan fingerprint density at radius 3 is 2.55 bits per heavy atom. The minimum atomic E-state index is -0.605. The van der Waals surface area contributed by atoms with Crippen molar-refractivity contribution in [3.05, 3.63) is 34.4 Å². The van der Waals surface area contributed by atoms with Gasteiger partial charge in [0.25, 0.3) is 0 Å². The highest BCUT2D eigenvalue weighted by Crippen LogP contribution is 2.70. The number of hydrogen-bond acceptors (Lipinski definition) is 5. The molecule has 4 aliphatic carbocycles. The van der Waals surface area contributed by atoms with Gasteiger partial charge in [-0.2, -0.15) is 0 Å². The fraction of sp³-hybridized carbons (Fsp3) is 0.821. The zero-order valence-corrected chi connectivity index (χ0v) is 20.4. The van der Waals surface area contributed by atoms with Gasteiger partial charge in [0.2, 0.25) is 0 Å². The maximum absolute atomic E-state index is 12.4. The minimum Gasteiger partial charge on any atom is -0.431 e. The topological polar surface area (TPSA) is 62.9 Å². The Hall–Kier alpha value is -1.17. The maximum Gasteiger partial charge on any atom is 0.335 e. The van der Waals surface area contributed by atoms with Crippen molar-refractivity contribution in [1.82, 2.24) is 4.90 Å². The van der Waals surface area contributed by atoms with E-state index in [9.17, 15) is 9.90 Å². The van der Waals surface area contributed by atoms with Crippen molar-refractivity contribution < 1.29 is 14.3 Å². The second-order valence-corrected chi connectivity index (χ2v) is 12.4. The van der Waals surface area contributed by atoms with E-state index in [1.165, 1.54) is 38.5 Å². The fourth-order valence-electron chi connectivity index (χ4n) is 9.58. The summed E-state index contributed by atoms with van der Waals surface area (Å²) < 4.78 is 10.8. The van der Waals surface area contributed by atoms with Crippen molar-refractivity contribution in [2.45, 2.75) is 89.2 Å². The fourth-order valence-corrected chi connectivity index (χ4v) is 9.58. The van der Waals surface area contributed by atoms with Crippen molar-refractivity contribution in [3.63, 3.8) is 0 Å². The van der Waals surface area contributed by atoms with Gasteiger partial charge < -0.3 is 14.3 Å². The Balaban J connectivity index is 1.24. The molecule has 1 aliphatic heterocycles. The highest BCUT2D eigenvalue weighted by atomic mass is 16.5. The van der Waals surface area contributed by atoms with Crippen molar-refractivity contribution in [2.24, 2.45) is 28.6 Å². The van der Waals surface area contributed by atoms with Crippen LogP contribution in [0.5, 0.6) is 0 Å². The standard InChI is InChI=1S/C28H41NO4/c1-26-10-7-21(29-13-15-32-16-14-29)17-20(26)4-5-24-23(26)8-11-27(2)22(9-12-28(24,27)31)19-3-6-25(30)33-18-19/h3,6,18,20-24,31H,4-5,7-17H2,1-2H3/t20-,21?,22-,23+,24-,26+,27-,28+/m1/s1. The van der Waals surface area contributed by atoms with Crippen molar-refractivity contribution in [2.75, 3.05) is 26.3 Å². The predicted molar refractivity (Wildman–Crippen MR) is 127 cm³/mol. The van der Waals surface area contributed by atoms with Crippen LogP contribution in [-0.4, -0.2) is 48.0 Å². The summed E-state index contributed by atoms with van der Waals surface area (Å²) in [7, 11) is 0. The normalized spacial score (nSPS) is 48.0. The lowest BCUT2D eigenvalue weighted by Crippen LogP contribution is -2.62. The SMILES string of the molecule is C[C@]12CCC(N3CCOCC3)C[C@H]1CC[C@@H]1[C@@H]2CC[C@]2(C)[C@@H](c3ccc(=O)oc3)CC[C@]12O. The summed E-state index contributed by atoms with van der Waals surface area (Å²) in [4.78, 5) is 14.2. The van der Waals surface area contributed by atoms with Crippen LogP contribution in [0.1, 0.15) is 83.1 Å². The quantitative estimate of drug-likeness (QED) is 0.707. The lowest BCUT2D eigenvalue weighted by Gasteiger charge is -2.64. The molecule has 8 atom stereocenters. The number of nitrogens with zero attached hydrogens (tertiary/aromatic N) is 1. The third-order valence-corrected chi connectivity index (χ3v) is 11.5. The number of hydrogen-bond donors (Lipinski definition) is 1. The van der Waals surface area contributed by atoms with E-state index in [1.54, 1.807) is 12.3 Å². The molecule has 1 unspecified atom stereocenters. The second-order valence-electron chi connectivity index (χ2n) is 12.4. The van der Waals surface area contributed by atoms with Crippen LogP contribution in [0, 0.1) is 28.6 Å². The van der Waals surface area contributed by atoms with E-state index in [-0.39, 0.29) is 17.0 Å². The zero-order chi connectivity index (χ0) is 22.8. The monoisotopic (exact) mass is 455 g/mol. The summed E-state index contributed by atoms with van der Waals surface area (Å²) in [6.45, 7) is 8.88. The molecule has 0 radical (unpaired) electrons. The third kappa shape index (κ3) is 3.25. The summed E-state index contributed by atoms with van der Waals surface area (Å²) in [5, 5.41) is 12.4. The average molecular weight is 456 g/mol. The average Bonchev–Trinajstić information content (AvgIpc) is 3.11. The third-order valence-electron chi connectivity index (χ3n) is 11.5. The Morgan fingerprint density at radius 1 is 0.970 bits per heavy atom. The Bertz CT molecular complexity index is 920. The molecule has 1 saturated heterocycles. The molecule has 0 spiro atoms. The molecule has 6 rings (SSSR count). The molecule has 1 N–H and O–H groups in total. The van der Waals surface area contributed by atoms with Crippen molar-refractivity contribution in [1.29, 1.82) is 0 Å². The first-order valence-electron chi connectivity index (χ1n) is 13.5. The van der Waals surface area contributed by atoms with E-state index in [1.807, 2.05) is 6.07 Å². The lowest BCUT2D eigenvalue weighted by molar-refractivity contribution is -0.204. The largest absolute Gasteiger partial charge is 0.431 e. The predicted octanol–water partition coefficient (Wildman–Crippen LogP) is 4.58. The minimum absolute atomic E-state index is 0.137. The Morgan fingerprint density at radius 2 is 1.79 bits per heavy atom. The first-order valence-corrected chi connectivity index (χ1v) is 13.5. The highest BCUT2D eigenvalue weighted by Gasteiger charge is 2.67. The van der Waals surface area contributed by atoms with E-state index in [0.717, 1.165) is 63.1 Å². The first kappa shape index (κ1) is 22.3. The molecule has 4 saturated carbocycles. The smallest absolute Gasteiger partial charge is 0.335 e. The summed E-state index contributed by atoms with van der Waals surface area (Å²) in [5.74, 6) is 2.09. The molecule has 2 heterocycles. The van der Waals surface area contributed by atoms with E-state index >= 15 is 0 Å². The second kappa shape index (κ2) is 7.93. The molecule has 0 bridgehead atoms. The molecular formula is C28H41NO4. The van der Waals surface area contributed by atoms with E-state index in [0.29, 0.717) is 17.3 Å². The van der Waals surface area contributed by atoms with E-state index in [2.05, 4.69) is 18.7 Å². The van der Waals surface area contributed by atoms with Gasteiger partial charge in [-0.1, -0.05) is 13.8 Å². The van der Waals surface area contributed by atoms with Crippen LogP contribution >= 0.6 is 0 Å². The van der Waals surface area contributed by atoms with Gasteiger partial charge in [-0.25, -0.2) is 4.79 Å². The molecule has 0 aromatic carbocycles. The zero-order valence-electron chi connectivity index (χ0n) is 20.4. The molecule has 5 heteroatoms. The molecule has 5 fully saturated rings. The van der Waals surface area contributed by atoms with Crippen LogP contribution in [0.2, 0.25) is 0 Å². The summed E-state index contributed by atoms with van der Waals surface area (Å²) >= 11 is 0. The summed E-state index contributed by atoms with van der Waals surface area (Å²) in [6, 6.07) is 4.20. The molecule has 33 heavy (non-hydrogen) atoms. The van der Waals surface area contributed by atoms with E-state index < -0.39 is 5.60 Å². The number of morpholine rings is 1. The van der Waals surface area contributed by atoms with Gasteiger partial charge in [0.15, 0.2) is 0 Å². The Kier molecular flexibility index (Phi) is 5.36. The number of ether oxygens (including phenoxy) is 1. The van der Waals surface area contributed by atoms with Gasteiger partial charge in [-0.05, 0) is 98.5 Å². The molecule has 1 aromatic rings. The number of rotatable bonds is 2. The molecule has 5 nitrogen and oxygen atoms in total. The van der Waals surface area contributed by atoms with Crippen molar-refractivity contribution in [3.8, 4) is 0 Å². The van der Waals surface area contributed by atoms with Gasteiger partial charge >= 0.3 is 5.63 Å². The van der Waals surface area contributed by atoms with Crippen molar-refractivity contribution >= 4 is 0 Å². The molecule has 5 aliphatic rings. The van der Waals surface area contributed by atoms with Crippen LogP contribution in [0.3, 0.4) is 0 Å². The van der Waals surface area contributed by atoms with Crippen LogP contribution in [0.15, 0.2) is 27.6 Å². The van der Waals surface area contributed by atoms with Gasteiger partial charge in [-0.3, -0.25) is 4.90 Å². The van der Waals surface area contributed by atoms with E-state index in [4.69, 9.17) is 9.15 Å². The Labute approximate surface area is 197 Å². The van der Waals surface area contributed by atoms with Crippen LogP contribution in [0.4, 0.5) is 0 Å². The first-order chi connectivity index (χ1) is 15.8. The molecule has 182 valence electrons. The molecule has 1 aromatic heterocycles. The lowest BCUT2D eigenvalue weighted by atomic mass is 9.43. The summed E-state index contributed by atoms with van der Waals surface area (Å²) in [6.07, 6.45) is 12.2. The summed E-state index contributed by atoms with van der Waals surface area (Å²) in [5.41, 5.74) is 0.422. The molecule has 0 amide bonds. The number of aliphatic hydroxyl groups is 1. The van der Waals surface area contributed by atoms with Crippen LogP contribution in [-0.2, 0) is 4.74 Å².